The fourth-order valence-corrected chi connectivity index (χ4v) is 4.57. The van der Waals surface area contributed by atoms with Gasteiger partial charge in [-0.15, -0.1) is 0 Å². The fourth-order valence-electron chi connectivity index (χ4n) is 4.57. The molecule has 0 bridgehead atoms. The number of aryl methyl sites for hydroxylation is 1. The Bertz CT molecular complexity index is 1180. The lowest BCUT2D eigenvalue weighted by atomic mass is 10.0. The summed E-state index contributed by atoms with van der Waals surface area (Å²) >= 11 is 0. The number of nitrogens with zero attached hydrogens (tertiary/aromatic N) is 5. The van der Waals surface area contributed by atoms with E-state index in [1.165, 1.54) is 6.20 Å². The first-order chi connectivity index (χ1) is 16.6. The maximum atomic E-state index is 12.9. The lowest BCUT2D eigenvalue weighted by molar-refractivity contribution is 0.0507. The maximum Gasteiger partial charge on any atom is 0.257 e. The Labute approximate surface area is 198 Å². The van der Waals surface area contributed by atoms with Crippen molar-refractivity contribution in [3.8, 4) is 0 Å². The third-order valence-electron chi connectivity index (χ3n) is 6.76. The highest BCUT2D eigenvalue weighted by Gasteiger charge is 2.48. The number of aromatic nitrogens is 2. The molecule has 9 nitrogen and oxygen atoms in total. The molecule has 3 fully saturated rings. The van der Waals surface area contributed by atoms with Crippen molar-refractivity contribution in [2.45, 2.75) is 38.0 Å². The van der Waals surface area contributed by atoms with E-state index in [9.17, 15) is 4.79 Å². The first kappa shape index (κ1) is 21.2. The smallest absolute Gasteiger partial charge is 0.257 e. The highest BCUT2D eigenvalue weighted by Crippen LogP contribution is 2.39. The van der Waals surface area contributed by atoms with E-state index in [2.05, 4.69) is 33.4 Å². The second kappa shape index (κ2) is 8.48. The van der Waals surface area contributed by atoms with E-state index in [-0.39, 0.29) is 18.2 Å². The predicted molar refractivity (Wildman–Crippen MR) is 127 cm³/mol. The van der Waals surface area contributed by atoms with Crippen molar-refractivity contribution in [3.63, 3.8) is 0 Å². The molecular weight excluding hydrogens is 432 g/mol. The number of epoxide rings is 1. The minimum Gasteiger partial charge on any atom is -0.378 e. The standard InChI is InChI=1S/C25H28N6O3/c1-15-3-6-18(27-24(32)17-11-20(16-4-5-16)28-26-14-17)12-19(15)21-13-22(31-7-9-33-10-8-31)23-25(34-23)30(2)29-21/h3,6,11-14,16,23,25H,4-5,7-10H2,1-2H3,(H,27,32). The molecule has 9 heteroatoms. The summed E-state index contributed by atoms with van der Waals surface area (Å²) < 4.78 is 11.4. The summed E-state index contributed by atoms with van der Waals surface area (Å²) in [4.78, 5) is 15.3. The van der Waals surface area contributed by atoms with E-state index in [0.717, 1.165) is 54.2 Å². The van der Waals surface area contributed by atoms with Crippen LogP contribution in [-0.2, 0) is 9.47 Å². The summed E-state index contributed by atoms with van der Waals surface area (Å²) in [5.41, 5.74) is 6.19. The minimum atomic E-state index is -0.189. The van der Waals surface area contributed by atoms with E-state index < -0.39 is 0 Å². The lowest BCUT2D eigenvalue weighted by Gasteiger charge is -2.30. The lowest BCUT2D eigenvalue weighted by Crippen LogP contribution is -2.37. The summed E-state index contributed by atoms with van der Waals surface area (Å²) in [6.45, 7) is 5.16. The summed E-state index contributed by atoms with van der Waals surface area (Å²) in [5.74, 6) is 0.254. The molecule has 4 aliphatic rings. The molecule has 1 saturated carbocycles. The Morgan fingerprint density at radius 3 is 2.79 bits per heavy atom. The normalized spacial score (nSPS) is 24.1. The van der Waals surface area contributed by atoms with Gasteiger partial charge in [-0.05, 0) is 49.6 Å². The van der Waals surface area contributed by atoms with Crippen molar-refractivity contribution in [3.05, 3.63) is 64.6 Å². The molecular formula is C25H28N6O3. The van der Waals surface area contributed by atoms with Crippen molar-refractivity contribution in [2.75, 3.05) is 38.7 Å². The first-order valence-electron chi connectivity index (χ1n) is 11.8. The zero-order valence-electron chi connectivity index (χ0n) is 19.4. The number of anilines is 1. The Balaban J connectivity index is 1.28. The van der Waals surface area contributed by atoms with Crippen LogP contribution in [-0.4, -0.2) is 77.4 Å². The van der Waals surface area contributed by atoms with E-state index in [4.69, 9.17) is 14.6 Å². The second-order valence-electron chi connectivity index (χ2n) is 9.30. The van der Waals surface area contributed by atoms with Gasteiger partial charge in [0.05, 0.1) is 36.4 Å². The second-order valence-corrected chi connectivity index (χ2v) is 9.30. The van der Waals surface area contributed by atoms with Gasteiger partial charge in [0.25, 0.3) is 5.91 Å². The van der Waals surface area contributed by atoms with E-state index >= 15 is 0 Å². The minimum absolute atomic E-state index is 0.0207. The zero-order chi connectivity index (χ0) is 23.2. The van der Waals surface area contributed by atoms with Gasteiger partial charge in [0.1, 0.15) is 6.10 Å². The Morgan fingerprint density at radius 2 is 2.00 bits per heavy atom. The van der Waals surface area contributed by atoms with Crippen LogP contribution < -0.4 is 5.32 Å². The van der Waals surface area contributed by atoms with Gasteiger partial charge in [-0.3, -0.25) is 9.80 Å². The SMILES string of the molecule is Cc1ccc(NC(=O)c2cnnc(C3CC3)c2)cc1C1=NN(C)C2OC2C(N2CCOCC2)=C1. The van der Waals surface area contributed by atoms with E-state index in [0.29, 0.717) is 30.4 Å². The van der Waals surface area contributed by atoms with Gasteiger partial charge in [0.2, 0.25) is 0 Å². The van der Waals surface area contributed by atoms with Gasteiger partial charge in [-0.2, -0.15) is 15.3 Å². The molecule has 2 aromatic rings. The number of hydrogen-bond donors (Lipinski definition) is 1. The van der Waals surface area contributed by atoms with Crippen LogP contribution in [0.4, 0.5) is 5.69 Å². The largest absolute Gasteiger partial charge is 0.378 e. The summed E-state index contributed by atoms with van der Waals surface area (Å²) in [7, 11) is 1.94. The van der Waals surface area contributed by atoms with Gasteiger partial charge < -0.3 is 19.7 Å². The van der Waals surface area contributed by atoms with Crippen LogP contribution >= 0.6 is 0 Å². The van der Waals surface area contributed by atoms with Gasteiger partial charge in [-0.25, -0.2) is 0 Å². The molecule has 1 aromatic heterocycles. The van der Waals surface area contributed by atoms with Gasteiger partial charge >= 0.3 is 0 Å². The topological polar surface area (TPSA) is 95.5 Å². The average Bonchev–Trinajstić information content (AvgIpc) is 3.76. The molecule has 6 rings (SSSR count). The first-order valence-corrected chi connectivity index (χ1v) is 11.8. The number of carbonyl (C=O) groups excluding carboxylic acids is 1. The van der Waals surface area contributed by atoms with Crippen LogP contribution in [0.3, 0.4) is 0 Å². The third-order valence-corrected chi connectivity index (χ3v) is 6.76. The van der Waals surface area contributed by atoms with E-state index in [1.807, 2.05) is 36.3 Å². The molecule has 2 unspecified atom stereocenters. The Morgan fingerprint density at radius 1 is 1.18 bits per heavy atom. The van der Waals surface area contributed by atoms with Crippen LogP contribution in [0.2, 0.25) is 0 Å². The molecule has 176 valence electrons. The molecule has 34 heavy (non-hydrogen) atoms. The highest BCUT2D eigenvalue weighted by molar-refractivity contribution is 6.11. The van der Waals surface area contributed by atoms with Crippen LogP contribution in [0.25, 0.3) is 0 Å². The molecule has 1 aliphatic carbocycles. The zero-order valence-corrected chi connectivity index (χ0v) is 19.4. The summed E-state index contributed by atoms with van der Waals surface area (Å²) in [6.07, 6.45) is 5.85. The predicted octanol–water partition coefficient (Wildman–Crippen LogP) is 2.51. The van der Waals surface area contributed by atoms with E-state index in [1.54, 1.807) is 0 Å². The number of likely N-dealkylation sites (N-methyl/N-ethyl adjacent to an activating group) is 1. The van der Waals surface area contributed by atoms with Gasteiger partial charge in [0, 0.05) is 43.0 Å². The number of allylic oxidation sites excluding steroid dienone is 1. The highest BCUT2D eigenvalue weighted by atomic mass is 16.6. The van der Waals surface area contributed by atoms with Gasteiger partial charge in [-0.1, -0.05) is 6.07 Å². The number of hydrogen-bond acceptors (Lipinski definition) is 8. The number of ether oxygens (including phenoxy) is 2. The van der Waals surface area contributed by atoms with Crippen LogP contribution in [0.1, 0.15) is 45.9 Å². The van der Waals surface area contributed by atoms with Crippen molar-refractivity contribution in [2.24, 2.45) is 5.10 Å². The molecule has 1 aromatic carbocycles. The monoisotopic (exact) mass is 460 g/mol. The van der Waals surface area contributed by atoms with Crippen molar-refractivity contribution in [1.82, 2.24) is 20.1 Å². The number of hydrazone groups is 1. The summed E-state index contributed by atoms with van der Waals surface area (Å²) in [5, 5.41) is 18.0. The maximum absolute atomic E-state index is 12.9. The number of benzene rings is 1. The average molecular weight is 461 g/mol. The van der Waals surface area contributed by atoms with Crippen LogP contribution in [0.5, 0.6) is 0 Å². The Hall–Kier alpha value is -3.30. The van der Waals surface area contributed by atoms with Crippen molar-refractivity contribution >= 4 is 17.3 Å². The molecule has 2 saturated heterocycles. The molecule has 1 amide bonds. The molecule has 3 aliphatic heterocycles. The third kappa shape index (κ3) is 4.17. The quantitative estimate of drug-likeness (QED) is 0.685. The Kier molecular flexibility index (Phi) is 5.30. The molecule has 1 N–H and O–H groups in total. The molecule has 0 spiro atoms. The number of fused-ring (bicyclic) bond motifs is 1. The number of nitrogens with one attached hydrogen (secondary N) is 1. The number of carbonyl (C=O) groups is 1. The van der Waals surface area contributed by atoms with Crippen molar-refractivity contribution < 1.29 is 14.3 Å². The number of morpholine rings is 1. The summed E-state index contributed by atoms with van der Waals surface area (Å²) in [6, 6.07) is 7.77. The van der Waals surface area contributed by atoms with Crippen molar-refractivity contribution in [1.29, 1.82) is 0 Å². The van der Waals surface area contributed by atoms with Crippen LogP contribution in [0.15, 0.2) is 47.3 Å². The molecule has 0 radical (unpaired) electrons. The molecule has 2 atom stereocenters. The fraction of sp³-hybridized carbons (Fsp3) is 0.440. The number of amides is 1. The van der Waals surface area contributed by atoms with Crippen LogP contribution in [0, 0.1) is 6.92 Å². The van der Waals surface area contributed by atoms with Gasteiger partial charge in [0.15, 0.2) is 6.23 Å². The molecule has 4 heterocycles. The number of rotatable bonds is 5.